The number of carbonyl (C=O) groups excluding carboxylic acids is 2. The van der Waals surface area contributed by atoms with Crippen molar-refractivity contribution < 1.29 is 35.9 Å². The lowest BCUT2D eigenvalue weighted by atomic mass is 10.1. The molecule has 15 nitrogen and oxygen atoms in total. The van der Waals surface area contributed by atoms with E-state index in [9.17, 15) is 40.7 Å². The Balaban J connectivity index is 1.54. The number of halogens is 1. The number of piperidine rings is 1. The van der Waals surface area contributed by atoms with Gasteiger partial charge in [0.2, 0.25) is 37.5 Å². The molecule has 2 aliphatic heterocycles. The second kappa shape index (κ2) is 11.8. The summed E-state index contributed by atoms with van der Waals surface area (Å²) in [6.07, 6.45) is 4.23. The third-order valence-electron chi connectivity index (χ3n) is 7.61. The van der Waals surface area contributed by atoms with E-state index < -0.39 is 60.2 Å². The molecule has 0 atom stereocenters. The molecule has 44 heavy (non-hydrogen) atoms. The number of likely N-dealkylation sites (tertiary alicyclic amines) is 1. The zero-order chi connectivity index (χ0) is 32.0. The van der Waals surface area contributed by atoms with Gasteiger partial charge in [0.25, 0.3) is 5.91 Å². The molecule has 0 unspecified atom stereocenters. The van der Waals surface area contributed by atoms with Gasteiger partial charge in [-0.25, -0.2) is 34.9 Å². The number of sulfonamides is 2. The van der Waals surface area contributed by atoms with E-state index in [1.807, 2.05) is 0 Å². The normalized spacial score (nSPS) is 17.0. The van der Waals surface area contributed by atoms with Crippen LogP contribution >= 0.6 is 0 Å². The minimum atomic E-state index is -4.10. The van der Waals surface area contributed by atoms with Crippen molar-refractivity contribution >= 4 is 43.5 Å². The zero-order valence-corrected chi connectivity index (χ0v) is 25.7. The first-order valence-corrected chi connectivity index (χ1v) is 16.9. The molecule has 0 spiro atoms. The molecular formula is C26H32FN7O8S2. The number of imidazole rings is 1. The molecule has 4 heterocycles. The number of carbonyl (C=O) groups is 2. The van der Waals surface area contributed by atoms with Crippen molar-refractivity contribution in [3.8, 4) is 5.75 Å². The van der Waals surface area contributed by atoms with Gasteiger partial charge in [0.15, 0.2) is 5.69 Å². The Labute approximate surface area is 252 Å². The van der Waals surface area contributed by atoms with Crippen molar-refractivity contribution in [1.29, 1.82) is 0 Å². The number of aromatic hydroxyl groups is 1. The van der Waals surface area contributed by atoms with Gasteiger partial charge in [0, 0.05) is 40.3 Å². The highest BCUT2D eigenvalue weighted by molar-refractivity contribution is 7.93. The number of anilines is 1. The van der Waals surface area contributed by atoms with Gasteiger partial charge in [-0.3, -0.25) is 18.7 Å². The summed E-state index contributed by atoms with van der Waals surface area (Å²) in [5.41, 5.74) is -1.84. The Morgan fingerprint density at radius 3 is 2.45 bits per heavy atom. The molecule has 2 fully saturated rings. The van der Waals surface area contributed by atoms with Crippen molar-refractivity contribution in [3.63, 3.8) is 0 Å². The fourth-order valence-electron chi connectivity index (χ4n) is 5.26. The summed E-state index contributed by atoms with van der Waals surface area (Å²) in [4.78, 5) is 45.3. The van der Waals surface area contributed by atoms with Crippen LogP contribution in [0.5, 0.6) is 5.75 Å². The Hall–Kier alpha value is -4.03. The molecule has 1 aromatic carbocycles. The minimum Gasteiger partial charge on any atom is -0.501 e. The van der Waals surface area contributed by atoms with Crippen LogP contribution in [-0.2, 0) is 37.9 Å². The van der Waals surface area contributed by atoms with E-state index in [4.69, 9.17) is 0 Å². The molecular weight excluding hydrogens is 621 g/mol. The van der Waals surface area contributed by atoms with Gasteiger partial charge in [-0.15, -0.1) is 0 Å². The maximum absolute atomic E-state index is 13.9. The third kappa shape index (κ3) is 5.75. The summed E-state index contributed by atoms with van der Waals surface area (Å²) in [6, 6.07) is 3.01. The summed E-state index contributed by atoms with van der Waals surface area (Å²) >= 11 is 0. The van der Waals surface area contributed by atoms with Crippen LogP contribution in [0, 0.1) is 5.82 Å². The van der Waals surface area contributed by atoms with Crippen LogP contribution in [0.3, 0.4) is 0 Å². The second-order valence-corrected chi connectivity index (χ2v) is 14.9. The number of fused-ring (bicyclic) bond motifs is 1. The number of hydrogen-bond donors (Lipinski definition) is 2. The van der Waals surface area contributed by atoms with Crippen LogP contribution < -0.4 is 15.2 Å². The average molecular weight is 654 g/mol. The van der Waals surface area contributed by atoms with Gasteiger partial charge in [0.1, 0.15) is 18.2 Å². The number of aromatic nitrogens is 3. The zero-order valence-electron chi connectivity index (χ0n) is 24.1. The maximum atomic E-state index is 13.9. The highest BCUT2D eigenvalue weighted by Crippen LogP contribution is 2.27. The van der Waals surface area contributed by atoms with Gasteiger partial charge in [-0.05, 0) is 43.4 Å². The van der Waals surface area contributed by atoms with Gasteiger partial charge in [-0.2, -0.15) is 0 Å². The second-order valence-electron chi connectivity index (χ2n) is 10.8. The third-order valence-corrected chi connectivity index (χ3v) is 11.4. The van der Waals surface area contributed by atoms with Crippen molar-refractivity contribution in [2.75, 3.05) is 43.8 Å². The largest absolute Gasteiger partial charge is 0.501 e. The predicted octanol–water partition coefficient (Wildman–Crippen LogP) is 0.0734. The molecule has 2 aliphatic rings. The number of benzene rings is 1. The molecule has 0 bridgehead atoms. The van der Waals surface area contributed by atoms with Gasteiger partial charge in [-0.1, -0.05) is 6.07 Å². The van der Waals surface area contributed by atoms with E-state index in [2.05, 4.69) is 10.3 Å². The number of nitrogens with zero attached hydrogens (tertiary/aromatic N) is 6. The monoisotopic (exact) mass is 653 g/mol. The Bertz CT molecular complexity index is 1920. The number of nitrogens with one attached hydrogen (secondary N) is 1. The van der Waals surface area contributed by atoms with Crippen LogP contribution in [-0.4, -0.2) is 96.4 Å². The molecule has 0 radical (unpaired) electrons. The maximum Gasteiger partial charge on any atom is 0.303 e. The topological polar surface area (TPSA) is 184 Å². The lowest BCUT2D eigenvalue weighted by Crippen LogP contribution is -2.37. The number of amides is 2. The van der Waals surface area contributed by atoms with Crippen LogP contribution in [0.1, 0.15) is 41.7 Å². The van der Waals surface area contributed by atoms with E-state index in [-0.39, 0.29) is 41.9 Å². The van der Waals surface area contributed by atoms with Crippen molar-refractivity contribution in [3.05, 3.63) is 51.8 Å². The smallest absolute Gasteiger partial charge is 0.303 e. The summed E-state index contributed by atoms with van der Waals surface area (Å²) in [5, 5.41) is 13.2. The van der Waals surface area contributed by atoms with Crippen molar-refractivity contribution in [2.45, 2.75) is 43.7 Å². The number of hydrogen-bond acceptors (Lipinski definition) is 9. The van der Waals surface area contributed by atoms with E-state index in [0.717, 1.165) is 44.4 Å². The molecule has 18 heteroatoms. The summed E-state index contributed by atoms with van der Waals surface area (Å²) in [6.45, 7) is 0.405. The SMILES string of the molecule is CN(C)S(=O)(=O)c1cc(F)ccc1CNC(=O)c1nc2n(CC(=O)N3CCCCC3)cc(N3CCCS3(=O)=O)n2c(=O)c1O. The fourth-order valence-corrected chi connectivity index (χ4v) is 7.92. The van der Waals surface area contributed by atoms with Gasteiger partial charge < -0.3 is 19.9 Å². The van der Waals surface area contributed by atoms with Crippen molar-refractivity contribution in [2.24, 2.45) is 0 Å². The quantitative estimate of drug-likeness (QED) is 0.340. The Kier molecular flexibility index (Phi) is 8.43. The Morgan fingerprint density at radius 2 is 1.82 bits per heavy atom. The molecule has 2 saturated heterocycles. The molecule has 2 N–H and O–H groups in total. The van der Waals surface area contributed by atoms with E-state index in [1.54, 1.807) is 4.90 Å². The first-order valence-electron chi connectivity index (χ1n) is 13.8. The van der Waals surface area contributed by atoms with Crippen LogP contribution in [0.2, 0.25) is 0 Å². The van der Waals surface area contributed by atoms with Crippen LogP contribution in [0.4, 0.5) is 10.2 Å². The molecule has 3 aromatic rings. The fraction of sp³-hybridized carbons (Fsp3) is 0.462. The summed E-state index contributed by atoms with van der Waals surface area (Å²) < 4.78 is 68.9. The molecule has 2 amide bonds. The average Bonchev–Trinajstić information content (AvgIpc) is 3.52. The highest BCUT2D eigenvalue weighted by atomic mass is 32.2. The molecule has 5 rings (SSSR count). The lowest BCUT2D eigenvalue weighted by Gasteiger charge is -2.26. The molecule has 0 aliphatic carbocycles. The minimum absolute atomic E-state index is 0.0303. The van der Waals surface area contributed by atoms with Gasteiger partial charge >= 0.3 is 5.56 Å². The van der Waals surface area contributed by atoms with E-state index >= 15 is 0 Å². The Morgan fingerprint density at radius 1 is 1.11 bits per heavy atom. The van der Waals surface area contributed by atoms with Crippen molar-refractivity contribution in [1.82, 2.24) is 28.5 Å². The van der Waals surface area contributed by atoms with E-state index in [0.29, 0.717) is 19.5 Å². The molecule has 2 aromatic heterocycles. The number of rotatable bonds is 8. The summed E-state index contributed by atoms with van der Waals surface area (Å²) in [7, 11) is -5.36. The highest BCUT2D eigenvalue weighted by Gasteiger charge is 2.34. The molecule has 238 valence electrons. The van der Waals surface area contributed by atoms with Crippen LogP contribution in [0.25, 0.3) is 5.78 Å². The van der Waals surface area contributed by atoms with E-state index in [1.165, 1.54) is 30.9 Å². The van der Waals surface area contributed by atoms with Gasteiger partial charge in [0.05, 0.1) is 16.8 Å². The van der Waals surface area contributed by atoms with Crippen LogP contribution in [0.15, 0.2) is 34.1 Å². The predicted molar refractivity (Wildman–Crippen MR) is 156 cm³/mol. The standard InChI is InChI=1S/C26H32FN7O8S2/c1-30(2)44(41,42)19-13-18(27)8-7-17(19)14-28-24(37)22-23(36)25(38)34-20(33-11-6-12-43(33,39)40)15-32(26(34)29-22)16-21(35)31-9-4-3-5-10-31/h7-8,13,15,36H,3-6,9-12,14,16H2,1-2H3,(H,28,37). The lowest BCUT2D eigenvalue weighted by molar-refractivity contribution is -0.132. The summed E-state index contributed by atoms with van der Waals surface area (Å²) in [5.74, 6) is -3.79. The first-order chi connectivity index (χ1) is 20.7. The first kappa shape index (κ1) is 31.4. The molecule has 0 saturated carbocycles.